The number of carbonyl (C=O) groups excluding carboxylic acids is 2. The number of β-lactam (4-membered cyclic amide) rings is 1. The highest BCUT2D eigenvalue weighted by Gasteiger charge is 2.61. The molecule has 20 heavy (non-hydrogen) atoms. The van der Waals surface area contributed by atoms with Crippen LogP contribution in [-0.4, -0.2) is 56.1 Å². The third-order valence-corrected chi connectivity index (χ3v) is 6.85. The molecule has 0 aromatic heterocycles. The van der Waals surface area contributed by atoms with Crippen molar-refractivity contribution < 1.29 is 19.5 Å². The summed E-state index contributed by atoms with van der Waals surface area (Å²) < 4.78 is -0.997. The number of fused-ring (bicyclic) bond motifs is 1. The van der Waals surface area contributed by atoms with Gasteiger partial charge in [0.05, 0.1) is 17.8 Å². The van der Waals surface area contributed by atoms with Gasteiger partial charge < -0.3 is 15.3 Å². The first kappa shape index (κ1) is 15.5. The van der Waals surface area contributed by atoms with Gasteiger partial charge in [-0.25, -0.2) is 4.79 Å². The molecule has 112 valence electrons. The molecule has 2 saturated heterocycles. The molecule has 0 aromatic carbocycles. The van der Waals surface area contributed by atoms with Crippen LogP contribution in [0.2, 0.25) is 0 Å². The smallest absolute Gasteiger partial charge is 0.332 e. The Morgan fingerprint density at radius 3 is 2.85 bits per heavy atom. The molecule has 0 saturated carbocycles. The van der Waals surface area contributed by atoms with Crippen LogP contribution in [0, 0.1) is 5.92 Å². The minimum Gasteiger partial charge on any atom is -0.480 e. The van der Waals surface area contributed by atoms with E-state index in [1.807, 2.05) is 6.92 Å². The normalized spacial score (nSPS) is 31.7. The van der Waals surface area contributed by atoms with Gasteiger partial charge in [0.2, 0.25) is 11.8 Å². The molecule has 0 spiro atoms. The third kappa shape index (κ3) is 2.63. The van der Waals surface area contributed by atoms with Crippen molar-refractivity contribution in [1.29, 1.82) is 0 Å². The molecule has 2 aliphatic heterocycles. The van der Waals surface area contributed by atoms with Crippen molar-refractivity contribution in [3.63, 3.8) is 0 Å². The molecule has 0 bridgehead atoms. The zero-order valence-corrected chi connectivity index (χ0v) is 13.1. The van der Waals surface area contributed by atoms with Crippen LogP contribution >= 0.6 is 23.5 Å². The second kappa shape index (κ2) is 5.85. The van der Waals surface area contributed by atoms with Crippen molar-refractivity contribution in [3.8, 4) is 0 Å². The quantitative estimate of drug-likeness (QED) is 0.550. The number of carboxylic acid groups (broad SMARTS) is 1. The lowest BCUT2D eigenvalue weighted by Crippen LogP contribution is -2.56. The van der Waals surface area contributed by atoms with Crippen molar-refractivity contribution in [2.75, 3.05) is 18.8 Å². The van der Waals surface area contributed by atoms with E-state index in [2.05, 4.69) is 5.32 Å². The molecule has 6 nitrogen and oxygen atoms in total. The summed E-state index contributed by atoms with van der Waals surface area (Å²) in [5, 5.41) is 12.2. The summed E-state index contributed by atoms with van der Waals surface area (Å²) in [6, 6.07) is 0. The SMILES string of the molecule is CCC1C(=O)N2CC(SCCNC(C)=O)(C(=O)O)S[C@H]12. The molecule has 0 aromatic rings. The maximum Gasteiger partial charge on any atom is 0.332 e. The number of hydrogen-bond donors (Lipinski definition) is 2. The lowest BCUT2D eigenvalue weighted by molar-refractivity contribution is -0.150. The fourth-order valence-electron chi connectivity index (χ4n) is 2.44. The van der Waals surface area contributed by atoms with Crippen molar-refractivity contribution >= 4 is 41.3 Å². The number of aliphatic carboxylic acids is 1. The van der Waals surface area contributed by atoms with Crippen molar-refractivity contribution in [2.45, 2.75) is 29.7 Å². The average Bonchev–Trinajstić information content (AvgIpc) is 2.72. The van der Waals surface area contributed by atoms with Crippen molar-refractivity contribution in [1.82, 2.24) is 10.2 Å². The molecule has 2 amide bonds. The number of thioether (sulfide) groups is 2. The molecule has 2 aliphatic rings. The molecule has 2 fully saturated rings. The van der Waals surface area contributed by atoms with Gasteiger partial charge in [-0.1, -0.05) is 6.92 Å². The van der Waals surface area contributed by atoms with Crippen LogP contribution in [0.5, 0.6) is 0 Å². The van der Waals surface area contributed by atoms with Crippen LogP contribution in [0.4, 0.5) is 0 Å². The molecule has 2 unspecified atom stereocenters. The van der Waals surface area contributed by atoms with E-state index in [9.17, 15) is 19.5 Å². The highest BCUT2D eigenvalue weighted by molar-refractivity contribution is 8.19. The van der Waals surface area contributed by atoms with E-state index in [-0.39, 0.29) is 29.7 Å². The highest BCUT2D eigenvalue weighted by Crippen LogP contribution is 2.55. The van der Waals surface area contributed by atoms with Gasteiger partial charge in [-0.2, -0.15) is 0 Å². The average molecular weight is 318 g/mol. The molecule has 8 heteroatoms. The first-order chi connectivity index (χ1) is 9.41. The minimum absolute atomic E-state index is 0.00290. The predicted octanol–water partition coefficient (Wildman–Crippen LogP) is 0.578. The Balaban J connectivity index is 1.97. The summed E-state index contributed by atoms with van der Waals surface area (Å²) in [6.45, 7) is 4.06. The number of rotatable bonds is 6. The van der Waals surface area contributed by atoms with Crippen LogP contribution in [0.25, 0.3) is 0 Å². The van der Waals surface area contributed by atoms with Crippen LogP contribution < -0.4 is 5.32 Å². The lowest BCUT2D eigenvalue weighted by Gasteiger charge is -2.40. The molecule has 2 heterocycles. The van der Waals surface area contributed by atoms with E-state index < -0.39 is 10.0 Å². The largest absolute Gasteiger partial charge is 0.480 e. The second-order valence-corrected chi connectivity index (χ2v) is 7.95. The Morgan fingerprint density at radius 1 is 1.60 bits per heavy atom. The second-order valence-electron chi connectivity index (χ2n) is 4.88. The zero-order chi connectivity index (χ0) is 14.9. The molecular formula is C12H18N2O4S2. The number of carbonyl (C=O) groups is 3. The van der Waals surface area contributed by atoms with Gasteiger partial charge in [0.15, 0.2) is 4.08 Å². The predicted molar refractivity (Wildman–Crippen MR) is 78.4 cm³/mol. The van der Waals surface area contributed by atoms with Crippen LogP contribution in [0.3, 0.4) is 0 Å². The topological polar surface area (TPSA) is 86.7 Å². The van der Waals surface area contributed by atoms with E-state index in [0.717, 1.165) is 6.42 Å². The molecular weight excluding hydrogens is 300 g/mol. The Labute approximate surface area is 126 Å². The monoisotopic (exact) mass is 318 g/mol. The molecule has 0 aliphatic carbocycles. The number of amides is 2. The van der Waals surface area contributed by atoms with Crippen molar-refractivity contribution in [2.24, 2.45) is 5.92 Å². The molecule has 3 atom stereocenters. The fourth-order valence-corrected chi connectivity index (χ4v) is 5.63. The highest BCUT2D eigenvalue weighted by atomic mass is 32.2. The van der Waals surface area contributed by atoms with E-state index in [1.165, 1.54) is 30.4 Å². The molecule has 0 radical (unpaired) electrons. The van der Waals surface area contributed by atoms with E-state index in [1.54, 1.807) is 4.90 Å². The summed E-state index contributed by atoms with van der Waals surface area (Å²) in [7, 11) is 0. The van der Waals surface area contributed by atoms with Gasteiger partial charge in [0.1, 0.15) is 0 Å². The van der Waals surface area contributed by atoms with Gasteiger partial charge in [-0.05, 0) is 6.42 Å². The van der Waals surface area contributed by atoms with Crippen LogP contribution in [-0.2, 0) is 14.4 Å². The molecule has 2 N–H and O–H groups in total. The Kier molecular flexibility index (Phi) is 4.53. The van der Waals surface area contributed by atoms with Crippen molar-refractivity contribution in [3.05, 3.63) is 0 Å². The zero-order valence-electron chi connectivity index (χ0n) is 11.4. The third-order valence-electron chi connectivity index (χ3n) is 3.52. The van der Waals surface area contributed by atoms with E-state index in [4.69, 9.17) is 0 Å². The van der Waals surface area contributed by atoms with Crippen LogP contribution in [0.1, 0.15) is 20.3 Å². The Morgan fingerprint density at radius 2 is 2.30 bits per heavy atom. The van der Waals surface area contributed by atoms with Gasteiger partial charge in [0, 0.05) is 19.2 Å². The van der Waals surface area contributed by atoms with Gasteiger partial charge in [0.25, 0.3) is 0 Å². The Hall–Kier alpha value is -0.890. The standard InChI is InChI=1S/C12H18N2O4S2/c1-3-8-9(16)14-6-12(11(17)18,20-10(8)14)19-5-4-13-7(2)15/h8,10H,3-6H2,1-2H3,(H,13,15)(H,17,18)/t8?,10-,12?/m1/s1. The maximum absolute atomic E-state index is 11.9. The number of nitrogens with zero attached hydrogens (tertiary/aromatic N) is 1. The summed E-state index contributed by atoms with van der Waals surface area (Å²) in [5.41, 5.74) is 0. The number of nitrogens with one attached hydrogen (secondary N) is 1. The maximum atomic E-state index is 11.9. The summed E-state index contributed by atoms with van der Waals surface area (Å²) in [6.07, 6.45) is 0.749. The minimum atomic E-state index is -0.997. The number of carboxylic acids is 1. The summed E-state index contributed by atoms with van der Waals surface area (Å²) in [4.78, 5) is 35.9. The van der Waals surface area contributed by atoms with E-state index >= 15 is 0 Å². The van der Waals surface area contributed by atoms with Gasteiger partial charge >= 0.3 is 5.97 Å². The summed E-state index contributed by atoms with van der Waals surface area (Å²) >= 11 is 2.67. The van der Waals surface area contributed by atoms with Gasteiger partial charge in [-0.15, -0.1) is 23.5 Å². The first-order valence-electron chi connectivity index (χ1n) is 6.51. The Bertz CT molecular complexity index is 445. The van der Waals surface area contributed by atoms with E-state index in [0.29, 0.717) is 12.3 Å². The molecule has 2 rings (SSSR count). The first-order valence-corrected chi connectivity index (χ1v) is 8.38. The summed E-state index contributed by atoms with van der Waals surface area (Å²) in [5.74, 6) is -0.482. The fraction of sp³-hybridized carbons (Fsp3) is 0.750. The van der Waals surface area contributed by atoms with Gasteiger partial charge in [-0.3, -0.25) is 9.59 Å². The number of hydrogen-bond acceptors (Lipinski definition) is 5. The van der Waals surface area contributed by atoms with Crippen LogP contribution in [0.15, 0.2) is 0 Å². The lowest BCUT2D eigenvalue weighted by atomic mass is 9.95.